The lowest BCUT2D eigenvalue weighted by Gasteiger charge is -2.29. The van der Waals surface area contributed by atoms with E-state index in [0.29, 0.717) is 6.61 Å². The second kappa shape index (κ2) is 6.01. The van der Waals surface area contributed by atoms with E-state index in [1.165, 1.54) is 25.9 Å². The van der Waals surface area contributed by atoms with Crippen LogP contribution in [0.4, 0.5) is 0 Å². The molecule has 74 valence electrons. The van der Waals surface area contributed by atoms with Crippen molar-refractivity contribution in [3.05, 3.63) is 0 Å². The number of nitrogens with zero attached hydrogens (tertiary/aromatic N) is 1. The van der Waals surface area contributed by atoms with Gasteiger partial charge in [-0.15, -0.1) is 6.42 Å². The molecule has 0 bridgehead atoms. The van der Waals surface area contributed by atoms with E-state index in [1.807, 2.05) is 0 Å². The van der Waals surface area contributed by atoms with Gasteiger partial charge in [0, 0.05) is 6.54 Å². The first-order valence-electron chi connectivity index (χ1n) is 5.06. The first-order valence-corrected chi connectivity index (χ1v) is 5.06. The Kier molecular flexibility index (Phi) is 4.88. The third-order valence-electron chi connectivity index (χ3n) is 2.61. The van der Waals surface area contributed by atoms with Gasteiger partial charge < -0.3 is 9.64 Å². The summed E-state index contributed by atoms with van der Waals surface area (Å²) in [6.07, 6.45) is 7.73. The van der Waals surface area contributed by atoms with E-state index < -0.39 is 0 Å². The maximum absolute atomic E-state index is 5.23. The van der Waals surface area contributed by atoms with Gasteiger partial charge in [-0.05, 0) is 31.8 Å². The second-order valence-electron chi connectivity index (χ2n) is 3.78. The van der Waals surface area contributed by atoms with Crippen LogP contribution in [0.2, 0.25) is 0 Å². The van der Waals surface area contributed by atoms with E-state index in [9.17, 15) is 0 Å². The standard InChI is InChI=1S/C11H19NO/c1-3-9-13-10-8-12-6-4-11(2)5-7-12/h1,11H,4-10H2,2H3. The number of likely N-dealkylation sites (tertiary alicyclic amines) is 1. The number of piperidine rings is 1. The Hall–Kier alpha value is -0.520. The van der Waals surface area contributed by atoms with Gasteiger partial charge in [-0.25, -0.2) is 0 Å². The van der Waals surface area contributed by atoms with E-state index in [2.05, 4.69) is 17.7 Å². The lowest BCUT2D eigenvalue weighted by molar-refractivity contribution is 0.108. The average molecular weight is 181 g/mol. The molecule has 13 heavy (non-hydrogen) atoms. The van der Waals surface area contributed by atoms with Gasteiger partial charge >= 0.3 is 0 Å². The van der Waals surface area contributed by atoms with Crippen molar-refractivity contribution in [2.75, 3.05) is 32.8 Å². The van der Waals surface area contributed by atoms with Crippen LogP contribution in [0.3, 0.4) is 0 Å². The first kappa shape index (κ1) is 10.6. The molecule has 2 heteroatoms. The molecule has 0 atom stereocenters. The van der Waals surface area contributed by atoms with Crippen molar-refractivity contribution in [3.63, 3.8) is 0 Å². The highest BCUT2D eigenvalue weighted by Gasteiger charge is 2.14. The molecule has 0 aromatic carbocycles. The van der Waals surface area contributed by atoms with Crippen molar-refractivity contribution < 1.29 is 4.74 Å². The highest BCUT2D eigenvalue weighted by atomic mass is 16.5. The highest BCUT2D eigenvalue weighted by molar-refractivity contribution is 4.82. The summed E-state index contributed by atoms with van der Waals surface area (Å²) >= 11 is 0. The van der Waals surface area contributed by atoms with Crippen molar-refractivity contribution in [1.29, 1.82) is 0 Å². The SMILES string of the molecule is C#CCOCCN1CCC(C)CC1. The maximum atomic E-state index is 5.23. The van der Waals surface area contributed by atoms with Crippen LogP contribution < -0.4 is 0 Å². The summed E-state index contributed by atoms with van der Waals surface area (Å²) in [7, 11) is 0. The fraction of sp³-hybridized carbons (Fsp3) is 0.818. The Morgan fingerprint density at radius 2 is 2.15 bits per heavy atom. The van der Waals surface area contributed by atoms with Gasteiger partial charge in [-0.1, -0.05) is 12.8 Å². The molecule has 0 spiro atoms. The summed E-state index contributed by atoms with van der Waals surface area (Å²) in [6.45, 7) is 7.03. The summed E-state index contributed by atoms with van der Waals surface area (Å²) in [5, 5.41) is 0. The number of rotatable bonds is 4. The monoisotopic (exact) mass is 181 g/mol. The molecule has 1 aliphatic rings. The fourth-order valence-corrected chi connectivity index (χ4v) is 1.61. The predicted molar refractivity (Wildman–Crippen MR) is 54.5 cm³/mol. The third-order valence-corrected chi connectivity index (χ3v) is 2.61. The fourth-order valence-electron chi connectivity index (χ4n) is 1.61. The first-order chi connectivity index (χ1) is 6.33. The van der Waals surface area contributed by atoms with Gasteiger partial charge in [0.15, 0.2) is 0 Å². The van der Waals surface area contributed by atoms with Gasteiger partial charge in [0.2, 0.25) is 0 Å². The molecule has 0 aromatic heterocycles. The van der Waals surface area contributed by atoms with E-state index in [0.717, 1.165) is 19.1 Å². The molecule has 0 saturated carbocycles. The Bertz CT molecular complexity index is 165. The molecule has 0 unspecified atom stereocenters. The lowest BCUT2D eigenvalue weighted by atomic mass is 9.99. The van der Waals surface area contributed by atoms with E-state index in [-0.39, 0.29) is 0 Å². The van der Waals surface area contributed by atoms with E-state index in [1.54, 1.807) is 0 Å². The molecular weight excluding hydrogens is 162 g/mol. The van der Waals surface area contributed by atoms with Crippen LogP contribution in [0.15, 0.2) is 0 Å². The van der Waals surface area contributed by atoms with Crippen LogP contribution in [0, 0.1) is 18.3 Å². The zero-order chi connectivity index (χ0) is 9.52. The number of hydrogen-bond donors (Lipinski definition) is 0. The van der Waals surface area contributed by atoms with Crippen LogP contribution in [-0.2, 0) is 4.74 Å². The van der Waals surface area contributed by atoms with Gasteiger partial charge in [0.05, 0.1) is 6.61 Å². The topological polar surface area (TPSA) is 12.5 Å². The summed E-state index contributed by atoms with van der Waals surface area (Å²) < 4.78 is 5.23. The van der Waals surface area contributed by atoms with Gasteiger partial charge in [-0.3, -0.25) is 0 Å². The van der Waals surface area contributed by atoms with Crippen LogP contribution in [0.25, 0.3) is 0 Å². The summed E-state index contributed by atoms with van der Waals surface area (Å²) in [5.41, 5.74) is 0. The molecule has 1 heterocycles. The number of terminal acetylenes is 1. The average Bonchev–Trinajstić information content (AvgIpc) is 2.15. The zero-order valence-electron chi connectivity index (χ0n) is 8.46. The van der Waals surface area contributed by atoms with Crippen molar-refractivity contribution >= 4 is 0 Å². The highest BCUT2D eigenvalue weighted by Crippen LogP contribution is 2.15. The predicted octanol–water partition coefficient (Wildman–Crippen LogP) is 1.37. The molecule has 0 aromatic rings. The number of ether oxygens (including phenoxy) is 1. The van der Waals surface area contributed by atoms with Gasteiger partial charge in [0.25, 0.3) is 0 Å². The minimum Gasteiger partial charge on any atom is -0.367 e. The Labute approximate surface area is 81.3 Å². The Morgan fingerprint density at radius 3 is 2.77 bits per heavy atom. The molecule has 0 radical (unpaired) electrons. The summed E-state index contributed by atoms with van der Waals surface area (Å²) in [6, 6.07) is 0. The minimum absolute atomic E-state index is 0.449. The molecule has 0 amide bonds. The van der Waals surface area contributed by atoms with Gasteiger partial charge in [0.1, 0.15) is 6.61 Å². The molecule has 0 aliphatic carbocycles. The Morgan fingerprint density at radius 1 is 1.46 bits per heavy atom. The zero-order valence-corrected chi connectivity index (χ0v) is 8.46. The summed E-state index contributed by atoms with van der Waals surface area (Å²) in [5.74, 6) is 3.38. The largest absolute Gasteiger partial charge is 0.367 e. The molecular formula is C11H19NO. The van der Waals surface area contributed by atoms with Crippen molar-refractivity contribution in [2.45, 2.75) is 19.8 Å². The summed E-state index contributed by atoms with van der Waals surface area (Å²) in [4.78, 5) is 2.45. The quantitative estimate of drug-likeness (QED) is 0.480. The lowest BCUT2D eigenvalue weighted by Crippen LogP contribution is -2.35. The number of hydrogen-bond acceptors (Lipinski definition) is 2. The molecule has 1 saturated heterocycles. The van der Waals surface area contributed by atoms with E-state index >= 15 is 0 Å². The molecule has 1 rings (SSSR count). The molecule has 0 N–H and O–H groups in total. The van der Waals surface area contributed by atoms with Crippen LogP contribution >= 0.6 is 0 Å². The van der Waals surface area contributed by atoms with Crippen molar-refractivity contribution in [1.82, 2.24) is 4.90 Å². The van der Waals surface area contributed by atoms with Crippen LogP contribution in [0.5, 0.6) is 0 Å². The molecule has 1 aliphatic heterocycles. The van der Waals surface area contributed by atoms with Crippen LogP contribution in [0.1, 0.15) is 19.8 Å². The minimum atomic E-state index is 0.449. The molecule has 2 nitrogen and oxygen atoms in total. The third kappa shape index (κ3) is 4.31. The normalized spacial score (nSPS) is 20.0. The van der Waals surface area contributed by atoms with Crippen molar-refractivity contribution in [3.8, 4) is 12.3 Å². The maximum Gasteiger partial charge on any atom is 0.107 e. The molecule has 1 fully saturated rings. The van der Waals surface area contributed by atoms with Crippen molar-refractivity contribution in [2.24, 2.45) is 5.92 Å². The Balaban J connectivity index is 2.00. The second-order valence-corrected chi connectivity index (χ2v) is 3.78. The van der Waals surface area contributed by atoms with Gasteiger partial charge in [-0.2, -0.15) is 0 Å². The smallest absolute Gasteiger partial charge is 0.107 e. The van der Waals surface area contributed by atoms with E-state index in [4.69, 9.17) is 11.2 Å². The van der Waals surface area contributed by atoms with Crippen LogP contribution in [-0.4, -0.2) is 37.7 Å².